The van der Waals surface area contributed by atoms with Crippen LogP contribution in [0.1, 0.15) is 129 Å². The van der Waals surface area contributed by atoms with Crippen LogP contribution in [0.15, 0.2) is 0 Å². The Balaban J connectivity index is 3.07. The van der Waals surface area contributed by atoms with Crippen LogP contribution in [0.3, 0.4) is 0 Å². The van der Waals surface area contributed by atoms with Gasteiger partial charge in [-0.1, -0.05) is 58.3 Å². The Morgan fingerprint density at radius 3 is 0.885 bits per heavy atom. The predicted molar refractivity (Wildman–Crippen MR) is 132 cm³/mol. The van der Waals surface area contributed by atoms with Crippen LogP contribution in [0, 0.1) is 0 Å². The average Bonchev–Trinajstić information content (AvgIpc) is 2.55. The molecule has 0 bridgehead atoms. The fraction of sp³-hybridized carbons (Fsp3) is 1.00. The summed E-state index contributed by atoms with van der Waals surface area (Å²) in [4.78, 5) is 0. The van der Waals surface area contributed by atoms with Gasteiger partial charge in [0.15, 0.2) is 0 Å². The van der Waals surface area contributed by atoms with Crippen LogP contribution < -0.4 is 0 Å². The first kappa shape index (κ1) is 26.9. The van der Waals surface area contributed by atoms with Gasteiger partial charge in [0.2, 0.25) is 0 Å². The van der Waals surface area contributed by atoms with E-state index >= 15 is 0 Å². The zero-order valence-electron chi connectivity index (χ0n) is 19.0. The molecule has 0 spiro atoms. The maximum atomic E-state index is 3.97. The Labute approximate surface area is 175 Å². The summed E-state index contributed by atoms with van der Waals surface area (Å²) < 4.78 is 0. The third-order valence-electron chi connectivity index (χ3n) is 5.52. The van der Waals surface area contributed by atoms with Crippen molar-refractivity contribution >= 4 is 20.8 Å². The average molecular weight is 452 g/mol. The molecule has 0 saturated carbocycles. The molecule has 0 heterocycles. The van der Waals surface area contributed by atoms with E-state index < -0.39 is 5.31 Å². The standard InChI is InChI=1S/C24H52BrP/c1-5-6-7-8-9-10-11-12-13-14-15-16-17-18-19-20-21-22-23-24-26(2,3,4)25/h5-24H2,1-4H3. The molecule has 0 nitrogen and oxygen atoms in total. The van der Waals surface area contributed by atoms with E-state index in [0.29, 0.717) is 0 Å². The van der Waals surface area contributed by atoms with Gasteiger partial charge >= 0.3 is 118 Å². The number of rotatable bonds is 20. The maximum absolute atomic E-state index is 3.97. The van der Waals surface area contributed by atoms with Gasteiger partial charge in [0, 0.05) is 0 Å². The Morgan fingerprint density at radius 1 is 0.423 bits per heavy atom. The van der Waals surface area contributed by atoms with Crippen molar-refractivity contribution in [1.29, 1.82) is 0 Å². The van der Waals surface area contributed by atoms with Gasteiger partial charge in [0.25, 0.3) is 0 Å². The van der Waals surface area contributed by atoms with E-state index in [0.717, 1.165) is 0 Å². The molecule has 26 heavy (non-hydrogen) atoms. The SMILES string of the molecule is CCCCCCCCCCCCCCCCCCCCCP(C)(C)(C)Br. The molecule has 0 aliphatic heterocycles. The van der Waals surface area contributed by atoms with E-state index in [-0.39, 0.29) is 0 Å². The van der Waals surface area contributed by atoms with Crippen LogP contribution in [0.2, 0.25) is 0 Å². The molecule has 0 aliphatic carbocycles. The van der Waals surface area contributed by atoms with Gasteiger partial charge in [-0.25, -0.2) is 0 Å². The predicted octanol–water partition coefficient (Wildman–Crippen LogP) is 10.2. The van der Waals surface area contributed by atoms with Gasteiger partial charge in [-0.2, -0.15) is 0 Å². The zero-order valence-corrected chi connectivity index (χ0v) is 21.4. The number of halogens is 1. The molecule has 0 aromatic heterocycles. The first-order valence-electron chi connectivity index (χ1n) is 12.0. The van der Waals surface area contributed by atoms with Crippen LogP contribution in [0.4, 0.5) is 0 Å². The molecule has 0 atom stereocenters. The van der Waals surface area contributed by atoms with E-state index in [1.54, 1.807) is 0 Å². The van der Waals surface area contributed by atoms with Crippen molar-refractivity contribution in [1.82, 2.24) is 0 Å². The van der Waals surface area contributed by atoms with Crippen molar-refractivity contribution in [3.63, 3.8) is 0 Å². The first-order valence-corrected chi connectivity index (χ1v) is 17.8. The summed E-state index contributed by atoms with van der Waals surface area (Å²) in [6.07, 6.45) is 29.2. The van der Waals surface area contributed by atoms with E-state index in [9.17, 15) is 0 Å². The second kappa shape index (κ2) is 16.8. The van der Waals surface area contributed by atoms with Crippen LogP contribution in [0.25, 0.3) is 0 Å². The van der Waals surface area contributed by atoms with Gasteiger partial charge in [0.1, 0.15) is 0 Å². The number of hydrogen-bond acceptors (Lipinski definition) is 0. The van der Waals surface area contributed by atoms with Gasteiger partial charge in [-0.05, 0) is 0 Å². The van der Waals surface area contributed by atoms with E-state index in [4.69, 9.17) is 0 Å². The van der Waals surface area contributed by atoms with E-state index in [1.807, 2.05) is 0 Å². The minimum absolute atomic E-state index is 1.37. The molecular formula is C24H52BrP. The van der Waals surface area contributed by atoms with Gasteiger partial charge in [-0.15, -0.1) is 0 Å². The summed E-state index contributed by atoms with van der Waals surface area (Å²) in [5, 5.41) is -1.41. The molecular weight excluding hydrogens is 399 g/mol. The molecule has 0 rings (SSSR count). The fourth-order valence-electron chi connectivity index (χ4n) is 3.72. The molecule has 2 heteroatoms. The molecule has 0 amide bonds. The third kappa shape index (κ3) is 24.9. The molecule has 0 aliphatic rings. The Hall–Kier alpha value is 0.910. The van der Waals surface area contributed by atoms with Gasteiger partial charge < -0.3 is 0 Å². The third-order valence-corrected chi connectivity index (χ3v) is 8.41. The molecule has 0 aromatic rings. The summed E-state index contributed by atoms with van der Waals surface area (Å²) >= 11 is 3.97. The van der Waals surface area contributed by atoms with Crippen LogP contribution >= 0.6 is 20.8 Å². The summed E-state index contributed by atoms with van der Waals surface area (Å²) in [5.74, 6) is 0. The molecule has 0 saturated heterocycles. The second-order valence-corrected chi connectivity index (χ2v) is 24.2. The number of hydrogen-bond donors (Lipinski definition) is 0. The van der Waals surface area contributed by atoms with Crippen molar-refractivity contribution < 1.29 is 0 Å². The Morgan fingerprint density at radius 2 is 0.654 bits per heavy atom. The summed E-state index contributed by atoms with van der Waals surface area (Å²) in [5.41, 5.74) is 0. The monoisotopic (exact) mass is 450 g/mol. The van der Waals surface area contributed by atoms with E-state index in [1.165, 1.54) is 128 Å². The summed E-state index contributed by atoms with van der Waals surface area (Å²) in [6.45, 7) is 9.59. The molecule has 160 valence electrons. The van der Waals surface area contributed by atoms with Crippen molar-refractivity contribution in [3.05, 3.63) is 0 Å². The Bertz CT molecular complexity index is 283. The molecule has 0 N–H and O–H groups in total. The normalized spacial score (nSPS) is 13.7. The second-order valence-electron chi connectivity index (χ2n) is 10.0. The quantitative estimate of drug-likeness (QED) is 0.128. The van der Waals surface area contributed by atoms with Crippen molar-refractivity contribution in [3.8, 4) is 0 Å². The van der Waals surface area contributed by atoms with Crippen molar-refractivity contribution in [2.75, 3.05) is 26.2 Å². The van der Waals surface area contributed by atoms with Crippen molar-refractivity contribution in [2.45, 2.75) is 129 Å². The van der Waals surface area contributed by atoms with Crippen LogP contribution in [-0.2, 0) is 0 Å². The van der Waals surface area contributed by atoms with Gasteiger partial charge in [-0.3, -0.25) is 0 Å². The minimum atomic E-state index is -1.41. The molecule has 0 unspecified atom stereocenters. The molecule has 0 fully saturated rings. The fourth-order valence-corrected chi connectivity index (χ4v) is 5.77. The van der Waals surface area contributed by atoms with Crippen molar-refractivity contribution in [2.24, 2.45) is 0 Å². The summed E-state index contributed by atoms with van der Waals surface area (Å²) in [6, 6.07) is 0. The Kier molecular flexibility index (Phi) is 17.4. The topological polar surface area (TPSA) is 0 Å². The van der Waals surface area contributed by atoms with Gasteiger partial charge in [0.05, 0.1) is 0 Å². The molecule has 0 radical (unpaired) electrons. The number of unbranched alkanes of at least 4 members (excludes halogenated alkanes) is 18. The van der Waals surface area contributed by atoms with E-state index in [2.05, 4.69) is 42.4 Å². The molecule has 0 aromatic carbocycles. The zero-order chi connectivity index (χ0) is 19.6. The summed E-state index contributed by atoms with van der Waals surface area (Å²) in [7, 11) is 0. The van der Waals surface area contributed by atoms with Crippen LogP contribution in [-0.4, -0.2) is 26.2 Å². The first-order chi connectivity index (χ1) is 12.3. The van der Waals surface area contributed by atoms with Crippen LogP contribution in [0.5, 0.6) is 0 Å².